The maximum Gasteiger partial charge on any atom is 0.318 e. The van der Waals surface area contributed by atoms with Gasteiger partial charge in [-0.25, -0.2) is 12.1 Å². The van der Waals surface area contributed by atoms with E-state index in [9.17, 15) is 9.13 Å². The topological polar surface area (TPSA) is 115 Å². The van der Waals surface area contributed by atoms with E-state index in [0.717, 1.165) is 0 Å². The van der Waals surface area contributed by atoms with Gasteiger partial charge < -0.3 is 49.4 Å². The molecule has 0 heterocycles. The predicted molar refractivity (Wildman–Crippen MR) is 75.6 cm³/mol. The minimum absolute atomic E-state index is 0. The van der Waals surface area contributed by atoms with E-state index in [1.165, 1.54) is 0 Å². The molecule has 0 radical (unpaired) electrons. The third kappa shape index (κ3) is 10.8. The summed E-state index contributed by atoms with van der Waals surface area (Å²) in [4.78, 5) is 34.0. The first-order chi connectivity index (χ1) is 9.16. The monoisotopic (exact) mass is 374 g/mol. The van der Waals surface area contributed by atoms with E-state index >= 15 is 0 Å². The maximum atomic E-state index is 10.4. The average Bonchev–Trinajstić information content (AvgIpc) is 2.87. The fourth-order valence-corrected chi connectivity index (χ4v) is 2.89. The van der Waals surface area contributed by atoms with Gasteiger partial charge in [0.25, 0.3) is 7.60 Å². The van der Waals surface area contributed by atoms with Crippen LogP contribution in [0, 0.1) is 0 Å². The van der Waals surface area contributed by atoms with Crippen LogP contribution in [0.1, 0.15) is 11.1 Å². The minimum atomic E-state index is -3.85. The molecule has 2 rings (SSSR count). The van der Waals surface area contributed by atoms with Crippen molar-refractivity contribution in [2.24, 2.45) is 0 Å². The number of hydrogen-bond donors (Lipinski definition) is 4. The van der Waals surface area contributed by atoms with Gasteiger partial charge >= 0.3 is 7.60 Å². The number of hydrogen-bond acceptors (Lipinski definition) is 2. The molecule has 0 aliphatic heterocycles. The third-order valence-corrected chi connectivity index (χ3v) is 3.79. The first kappa shape index (κ1) is 20.5. The van der Waals surface area contributed by atoms with Crippen LogP contribution in [0.4, 0.5) is 0 Å². The molecule has 0 atom stereocenters. The van der Waals surface area contributed by atoms with Gasteiger partial charge in [0.1, 0.15) is 0 Å². The maximum absolute atomic E-state index is 10.4. The van der Waals surface area contributed by atoms with Crippen LogP contribution in [-0.4, -0.2) is 19.6 Å². The molecule has 6 nitrogen and oxygen atoms in total. The van der Waals surface area contributed by atoms with Crippen molar-refractivity contribution in [2.75, 3.05) is 0 Å². The second-order valence-corrected chi connectivity index (χ2v) is 7.52. The minimum Gasteiger partial charge on any atom is -0.748 e. The van der Waals surface area contributed by atoms with E-state index in [2.05, 4.69) is 0 Å². The molecule has 124 valence electrons. The molecular formula is C12H16FeO6P2-6. The molecule has 0 aliphatic rings. The van der Waals surface area contributed by atoms with Crippen LogP contribution in [0.15, 0.2) is 48.5 Å². The predicted octanol–water partition coefficient (Wildman–Crippen LogP) is 2.16. The zero-order valence-corrected chi connectivity index (χ0v) is 13.8. The van der Waals surface area contributed by atoms with Crippen molar-refractivity contribution in [3.8, 4) is 0 Å². The number of rotatable bonds is 4. The summed E-state index contributed by atoms with van der Waals surface area (Å²) >= 11 is 0. The Hall–Kier alpha value is -0.481. The summed E-state index contributed by atoms with van der Waals surface area (Å²) in [6.07, 6.45) is -0.306. The van der Waals surface area contributed by atoms with Crippen LogP contribution in [0.5, 0.6) is 0 Å². The molecule has 4 N–H and O–H groups in total. The molecule has 2 aromatic rings. The molecule has 0 fully saturated rings. The van der Waals surface area contributed by atoms with Gasteiger partial charge in [-0.15, -0.1) is 11.7 Å². The molecule has 0 bridgehead atoms. The Morgan fingerprint density at radius 1 is 0.857 bits per heavy atom. The van der Waals surface area contributed by atoms with Gasteiger partial charge in [-0.1, -0.05) is 0 Å². The SMILES string of the molecule is O=P(O)(O)C[c-]1[cH-][cH-][cH-][cH-]1.O=P(O)(O)C[c-]1cccc1.[Fe]. The van der Waals surface area contributed by atoms with E-state index in [1.54, 1.807) is 48.5 Å². The van der Waals surface area contributed by atoms with Gasteiger partial charge in [0.2, 0.25) is 0 Å². The van der Waals surface area contributed by atoms with Crippen LogP contribution in [0.3, 0.4) is 0 Å². The van der Waals surface area contributed by atoms with Gasteiger partial charge in [-0.05, 0) is 0 Å². The second kappa shape index (κ2) is 8.84. The van der Waals surface area contributed by atoms with Crippen LogP contribution in [0.25, 0.3) is 0 Å². The molecule has 0 aromatic heterocycles. The molecule has 0 spiro atoms. The molecule has 21 heavy (non-hydrogen) atoms. The summed E-state index contributed by atoms with van der Waals surface area (Å²) in [5, 5.41) is 0. The van der Waals surface area contributed by atoms with E-state index < -0.39 is 15.2 Å². The van der Waals surface area contributed by atoms with Gasteiger partial charge in [-0.2, -0.15) is 12.1 Å². The van der Waals surface area contributed by atoms with Crippen molar-refractivity contribution in [2.45, 2.75) is 12.3 Å². The summed E-state index contributed by atoms with van der Waals surface area (Å²) in [7, 11) is -7.71. The smallest absolute Gasteiger partial charge is 0.318 e. The fourth-order valence-electron chi connectivity index (χ4n) is 1.51. The quantitative estimate of drug-likeness (QED) is 0.371. The molecular weight excluding hydrogens is 358 g/mol. The molecule has 2 aromatic carbocycles. The van der Waals surface area contributed by atoms with Crippen LogP contribution >= 0.6 is 15.2 Å². The van der Waals surface area contributed by atoms with Gasteiger partial charge in [-0.3, -0.25) is 9.13 Å². The molecule has 0 amide bonds. The van der Waals surface area contributed by atoms with E-state index in [0.29, 0.717) is 11.1 Å². The molecule has 0 unspecified atom stereocenters. The van der Waals surface area contributed by atoms with Crippen molar-refractivity contribution in [3.63, 3.8) is 0 Å². The van der Waals surface area contributed by atoms with Crippen molar-refractivity contribution < 1.29 is 45.8 Å². The van der Waals surface area contributed by atoms with E-state index in [-0.39, 0.29) is 29.4 Å². The first-order valence-corrected chi connectivity index (χ1v) is 9.25. The Labute approximate surface area is 133 Å². The van der Waals surface area contributed by atoms with Crippen LogP contribution in [0.2, 0.25) is 0 Å². The Bertz CT molecular complexity index is 527. The van der Waals surface area contributed by atoms with Crippen molar-refractivity contribution in [1.29, 1.82) is 0 Å². The van der Waals surface area contributed by atoms with Gasteiger partial charge in [0.15, 0.2) is 0 Å². The average molecular weight is 374 g/mol. The molecule has 0 aliphatic carbocycles. The standard InChI is InChI=1S/2C6H8O3P.Fe/c2*7-10(8,9)5-6-3-1-2-4-6;/h2*1-4H,5H2,(H2,7,8,9);/q-5;-1;. The van der Waals surface area contributed by atoms with Gasteiger partial charge in [0.05, 0.1) is 0 Å². The van der Waals surface area contributed by atoms with Crippen LogP contribution in [-0.2, 0) is 38.5 Å². The second-order valence-electron chi connectivity index (χ2n) is 4.23. The zero-order chi connectivity index (χ0) is 15.2. The summed E-state index contributed by atoms with van der Waals surface area (Å²) in [5.74, 6) is 0. The van der Waals surface area contributed by atoms with Gasteiger partial charge in [0, 0.05) is 23.2 Å². The zero-order valence-electron chi connectivity index (χ0n) is 10.9. The summed E-state index contributed by atoms with van der Waals surface area (Å²) < 4.78 is 20.8. The fraction of sp³-hybridized carbons (Fsp3) is 0.167. The van der Waals surface area contributed by atoms with Crippen molar-refractivity contribution >= 4 is 15.2 Å². The summed E-state index contributed by atoms with van der Waals surface area (Å²) in [6, 6.07) is 13.8. The Kier molecular flexibility index (Phi) is 8.64. The molecule has 0 saturated carbocycles. The Morgan fingerprint density at radius 3 is 1.67 bits per heavy atom. The summed E-state index contributed by atoms with van der Waals surface area (Å²) in [5.41, 5.74) is 1.38. The molecule has 9 heteroatoms. The van der Waals surface area contributed by atoms with E-state index in [1.807, 2.05) is 0 Å². The first-order valence-electron chi connectivity index (χ1n) is 5.66. The van der Waals surface area contributed by atoms with Crippen LogP contribution < -0.4 is 0 Å². The van der Waals surface area contributed by atoms with Crippen molar-refractivity contribution in [3.05, 3.63) is 59.7 Å². The normalized spacial score (nSPS) is 11.2. The third-order valence-electron chi connectivity index (χ3n) is 2.24. The van der Waals surface area contributed by atoms with Crippen molar-refractivity contribution in [1.82, 2.24) is 0 Å². The Morgan fingerprint density at radius 2 is 1.29 bits per heavy atom. The van der Waals surface area contributed by atoms with E-state index in [4.69, 9.17) is 19.6 Å². The largest absolute Gasteiger partial charge is 0.748 e. The Balaban J connectivity index is 0.000000364. The molecule has 0 saturated heterocycles. The summed E-state index contributed by atoms with van der Waals surface area (Å²) in [6.45, 7) is 0.